The van der Waals surface area contributed by atoms with E-state index in [9.17, 15) is 9.59 Å². The van der Waals surface area contributed by atoms with E-state index >= 15 is 0 Å². The molecule has 2 atom stereocenters. The van der Waals surface area contributed by atoms with Crippen molar-refractivity contribution in [1.29, 1.82) is 0 Å². The minimum atomic E-state index is -0.334. The van der Waals surface area contributed by atoms with Gasteiger partial charge in [0, 0.05) is 25.1 Å². The number of para-hydroxylation sites is 1. The van der Waals surface area contributed by atoms with Crippen LogP contribution in [0.25, 0.3) is 0 Å². The van der Waals surface area contributed by atoms with Crippen LogP contribution in [0, 0.1) is 5.92 Å². The Labute approximate surface area is 184 Å². The van der Waals surface area contributed by atoms with Gasteiger partial charge in [0.1, 0.15) is 11.5 Å². The number of nitrogens with one attached hydrogen (secondary N) is 1. The third kappa shape index (κ3) is 5.37. The van der Waals surface area contributed by atoms with Crippen molar-refractivity contribution in [3.63, 3.8) is 0 Å². The Morgan fingerprint density at radius 3 is 2.52 bits per heavy atom. The molecule has 2 aromatic carbocycles. The number of likely N-dealkylation sites (tertiary alicyclic amines) is 1. The van der Waals surface area contributed by atoms with E-state index in [0.29, 0.717) is 31.7 Å². The van der Waals surface area contributed by atoms with Crippen LogP contribution in [0.5, 0.6) is 11.5 Å². The van der Waals surface area contributed by atoms with Gasteiger partial charge in [-0.05, 0) is 36.6 Å². The number of carbonyl (C=O) groups excluding carboxylic acids is 2. The number of hydrogen-bond donors (Lipinski definition) is 1. The van der Waals surface area contributed by atoms with E-state index in [4.69, 9.17) is 9.47 Å². The Kier molecular flexibility index (Phi) is 7.93. The predicted octanol–water partition coefficient (Wildman–Crippen LogP) is 4.10. The second-order valence-electron chi connectivity index (χ2n) is 7.84. The van der Waals surface area contributed by atoms with Crippen molar-refractivity contribution in [3.8, 4) is 11.5 Å². The van der Waals surface area contributed by atoms with E-state index in [1.165, 1.54) is 0 Å². The largest absolute Gasteiger partial charge is 0.497 e. The van der Waals surface area contributed by atoms with Crippen LogP contribution in [-0.2, 0) is 16.1 Å². The first-order chi connectivity index (χ1) is 15.1. The minimum absolute atomic E-state index is 0.0410. The number of piperidine rings is 1. The molecule has 0 bridgehead atoms. The van der Waals surface area contributed by atoms with Crippen molar-refractivity contribution in [2.24, 2.45) is 5.92 Å². The lowest BCUT2D eigenvalue weighted by molar-refractivity contribution is -0.143. The molecule has 166 valence electrons. The smallest absolute Gasteiger partial charge is 0.225 e. The fraction of sp³-hybridized carbons (Fsp3) is 0.440. The monoisotopic (exact) mass is 424 g/mol. The third-order valence-corrected chi connectivity index (χ3v) is 5.88. The Bertz CT molecular complexity index is 881. The van der Waals surface area contributed by atoms with Crippen LogP contribution in [0.4, 0.5) is 0 Å². The number of unbranched alkanes of at least 4 members (excludes halogenated alkanes) is 1. The summed E-state index contributed by atoms with van der Waals surface area (Å²) in [4.78, 5) is 28.0. The summed E-state index contributed by atoms with van der Waals surface area (Å²) < 4.78 is 10.8. The fourth-order valence-electron chi connectivity index (χ4n) is 4.18. The number of ether oxygens (including phenoxy) is 2. The number of nitrogens with zero attached hydrogens (tertiary/aromatic N) is 1. The molecule has 0 radical (unpaired) electrons. The molecule has 3 rings (SSSR count). The molecule has 0 saturated carbocycles. The van der Waals surface area contributed by atoms with Crippen LogP contribution >= 0.6 is 0 Å². The van der Waals surface area contributed by atoms with Crippen LogP contribution in [-0.4, -0.2) is 37.5 Å². The van der Waals surface area contributed by atoms with Gasteiger partial charge in [-0.15, -0.1) is 0 Å². The summed E-state index contributed by atoms with van der Waals surface area (Å²) in [6.45, 7) is 3.17. The predicted molar refractivity (Wildman–Crippen MR) is 120 cm³/mol. The number of benzene rings is 2. The van der Waals surface area contributed by atoms with Crippen molar-refractivity contribution >= 4 is 11.8 Å². The zero-order valence-electron chi connectivity index (χ0n) is 18.6. The molecule has 2 aromatic rings. The number of methoxy groups -OCH3 is 2. The van der Waals surface area contributed by atoms with Crippen molar-refractivity contribution < 1.29 is 19.1 Å². The SMILES string of the molecule is CCCCN1C(=O)CC[C@H](C(=O)NCc2ccc(OC)cc2)[C@H]1c1ccccc1OC. The van der Waals surface area contributed by atoms with Gasteiger partial charge in [-0.3, -0.25) is 9.59 Å². The average molecular weight is 425 g/mol. The van der Waals surface area contributed by atoms with Gasteiger partial charge in [0.05, 0.1) is 26.2 Å². The molecule has 0 unspecified atom stereocenters. The average Bonchev–Trinajstić information content (AvgIpc) is 2.81. The fourth-order valence-corrected chi connectivity index (χ4v) is 4.18. The molecule has 1 N–H and O–H groups in total. The van der Waals surface area contributed by atoms with Crippen molar-refractivity contribution in [1.82, 2.24) is 10.2 Å². The van der Waals surface area contributed by atoms with Gasteiger partial charge in [-0.2, -0.15) is 0 Å². The number of amides is 2. The summed E-state index contributed by atoms with van der Waals surface area (Å²) in [5, 5.41) is 3.08. The Morgan fingerprint density at radius 1 is 1.10 bits per heavy atom. The number of rotatable bonds is 9. The first kappa shape index (κ1) is 22.7. The van der Waals surface area contributed by atoms with Crippen LogP contribution in [0.1, 0.15) is 49.8 Å². The Balaban J connectivity index is 1.84. The van der Waals surface area contributed by atoms with Gasteiger partial charge in [0.2, 0.25) is 11.8 Å². The maximum Gasteiger partial charge on any atom is 0.225 e. The van der Waals surface area contributed by atoms with Crippen LogP contribution in [0.2, 0.25) is 0 Å². The van der Waals surface area contributed by atoms with E-state index < -0.39 is 0 Å². The first-order valence-corrected chi connectivity index (χ1v) is 10.9. The summed E-state index contributed by atoms with van der Waals surface area (Å²) in [7, 11) is 3.25. The molecular formula is C25H32N2O4. The van der Waals surface area contributed by atoms with Crippen molar-refractivity contribution in [3.05, 3.63) is 59.7 Å². The Morgan fingerprint density at radius 2 is 1.84 bits per heavy atom. The van der Waals surface area contributed by atoms with Crippen molar-refractivity contribution in [2.75, 3.05) is 20.8 Å². The first-order valence-electron chi connectivity index (χ1n) is 10.9. The quantitative estimate of drug-likeness (QED) is 0.658. The molecule has 0 aliphatic carbocycles. The molecule has 1 fully saturated rings. The van der Waals surface area contributed by atoms with Gasteiger partial charge in [-0.1, -0.05) is 43.7 Å². The summed E-state index contributed by atoms with van der Waals surface area (Å²) in [5.41, 5.74) is 1.89. The standard InChI is InChI=1S/C25H32N2O4/c1-4-5-16-27-23(28)15-14-21(24(27)20-8-6-7-9-22(20)31-3)25(29)26-17-18-10-12-19(30-2)13-11-18/h6-13,21,24H,4-5,14-17H2,1-3H3,(H,26,29)/t21-,24+/m0/s1. The van der Waals surface area contributed by atoms with Gasteiger partial charge >= 0.3 is 0 Å². The maximum atomic E-state index is 13.3. The van der Waals surface area contributed by atoms with Gasteiger partial charge in [-0.25, -0.2) is 0 Å². The lowest BCUT2D eigenvalue weighted by Crippen LogP contribution is -2.48. The summed E-state index contributed by atoms with van der Waals surface area (Å²) in [6.07, 6.45) is 2.79. The zero-order chi connectivity index (χ0) is 22.2. The highest BCUT2D eigenvalue weighted by Gasteiger charge is 2.41. The molecule has 6 heteroatoms. The number of hydrogen-bond acceptors (Lipinski definition) is 4. The second-order valence-corrected chi connectivity index (χ2v) is 7.84. The summed E-state index contributed by atoms with van der Waals surface area (Å²) in [6, 6.07) is 15.0. The molecule has 1 heterocycles. The summed E-state index contributed by atoms with van der Waals surface area (Å²) in [5.74, 6) is 1.22. The zero-order valence-corrected chi connectivity index (χ0v) is 18.6. The van der Waals surface area contributed by atoms with E-state index in [1.54, 1.807) is 14.2 Å². The molecule has 2 amide bonds. The molecule has 0 aromatic heterocycles. The van der Waals surface area contributed by atoms with E-state index in [1.807, 2.05) is 53.4 Å². The molecule has 1 aliphatic rings. The van der Waals surface area contributed by atoms with Crippen LogP contribution < -0.4 is 14.8 Å². The molecular weight excluding hydrogens is 392 g/mol. The second kappa shape index (κ2) is 10.8. The summed E-state index contributed by atoms with van der Waals surface area (Å²) >= 11 is 0. The Hall–Kier alpha value is -3.02. The molecule has 31 heavy (non-hydrogen) atoms. The molecule has 6 nitrogen and oxygen atoms in total. The lowest BCUT2D eigenvalue weighted by atomic mass is 9.83. The van der Waals surface area contributed by atoms with Gasteiger partial charge in [0.25, 0.3) is 0 Å². The minimum Gasteiger partial charge on any atom is -0.497 e. The van der Waals surface area contributed by atoms with E-state index in [2.05, 4.69) is 12.2 Å². The molecule has 1 saturated heterocycles. The highest BCUT2D eigenvalue weighted by molar-refractivity contribution is 5.85. The normalized spacial score (nSPS) is 18.5. The lowest BCUT2D eigenvalue weighted by Gasteiger charge is -2.41. The van der Waals surface area contributed by atoms with E-state index in [0.717, 1.165) is 29.7 Å². The van der Waals surface area contributed by atoms with Gasteiger partial charge in [0.15, 0.2) is 0 Å². The number of carbonyl (C=O) groups is 2. The van der Waals surface area contributed by atoms with Crippen LogP contribution in [0.3, 0.4) is 0 Å². The molecule has 1 aliphatic heterocycles. The van der Waals surface area contributed by atoms with Gasteiger partial charge < -0.3 is 19.7 Å². The third-order valence-electron chi connectivity index (χ3n) is 5.88. The topological polar surface area (TPSA) is 67.9 Å². The van der Waals surface area contributed by atoms with Crippen molar-refractivity contribution in [2.45, 2.75) is 45.2 Å². The highest BCUT2D eigenvalue weighted by atomic mass is 16.5. The van der Waals surface area contributed by atoms with Crippen LogP contribution in [0.15, 0.2) is 48.5 Å². The maximum absolute atomic E-state index is 13.3. The molecule has 0 spiro atoms. The highest BCUT2D eigenvalue weighted by Crippen LogP contribution is 2.40. The van der Waals surface area contributed by atoms with E-state index in [-0.39, 0.29) is 23.8 Å².